The molecular weight excluding hydrogens is 308 g/mol. The fourth-order valence-electron chi connectivity index (χ4n) is 2.30. The van der Waals surface area contributed by atoms with E-state index in [4.69, 9.17) is 5.73 Å². The molecule has 0 spiro atoms. The van der Waals surface area contributed by atoms with Crippen LogP contribution in [0.15, 0.2) is 48.5 Å². The van der Waals surface area contributed by atoms with Crippen molar-refractivity contribution < 1.29 is 26.3 Å². The largest absolute Gasteiger partial charge is 0.416 e. The van der Waals surface area contributed by atoms with Crippen molar-refractivity contribution in [2.24, 2.45) is 0 Å². The van der Waals surface area contributed by atoms with Crippen LogP contribution in [-0.4, -0.2) is 6.18 Å². The normalized spacial score (nSPS) is 13.9. The van der Waals surface area contributed by atoms with Gasteiger partial charge in [0.15, 0.2) is 0 Å². The lowest BCUT2D eigenvalue weighted by atomic mass is 9.86. The second kappa shape index (κ2) is 5.55. The molecule has 0 bridgehead atoms. The molecule has 0 amide bonds. The van der Waals surface area contributed by atoms with Crippen molar-refractivity contribution in [3.05, 3.63) is 65.2 Å². The Bertz CT molecular complexity index is 660. The van der Waals surface area contributed by atoms with Crippen LogP contribution < -0.4 is 5.73 Å². The molecule has 118 valence electrons. The van der Waals surface area contributed by atoms with Gasteiger partial charge in [-0.15, -0.1) is 0 Å². The van der Waals surface area contributed by atoms with Gasteiger partial charge in [-0.05, 0) is 23.3 Å². The monoisotopic (exact) mass is 319 g/mol. The predicted octanol–water partition coefficient (Wildman–Crippen LogP) is 4.98. The number of alkyl halides is 6. The molecule has 0 radical (unpaired) electrons. The second-order valence-corrected chi connectivity index (χ2v) is 4.69. The van der Waals surface area contributed by atoms with Crippen molar-refractivity contribution in [3.8, 4) is 0 Å². The number of para-hydroxylation sites is 1. The van der Waals surface area contributed by atoms with E-state index < -0.39 is 35.0 Å². The number of rotatable bonds is 2. The highest BCUT2D eigenvalue weighted by Gasteiger charge is 2.46. The van der Waals surface area contributed by atoms with E-state index in [0.717, 1.165) is 24.3 Å². The van der Waals surface area contributed by atoms with Crippen molar-refractivity contribution in [2.75, 3.05) is 5.73 Å². The van der Waals surface area contributed by atoms with Gasteiger partial charge in [-0.1, -0.05) is 36.4 Å². The Hall–Kier alpha value is -2.18. The lowest BCUT2D eigenvalue weighted by molar-refractivity contribution is -0.149. The van der Waals surface area contributed by atoms with E-state index in [1.807, 2.05) is 0 Å². The number of hydrogen-bond acceptors (Lipinski definition) is 1. The minimum absolute atomic E-state index is 0.207. The van der Waals surface area contributed by atoms with Crippen LogP contribution in [0.4, 0.5) is 32.0 Å². The maximum atomic E-state index is 13.4. The fourth-order valence-corrected chi connectivity index (χ4v) is 2.30. The van der Waals surface area contributed by atoms with Gasteiger partial charge in [-0.3, -0.25) is 0 Å². The average molecular weight is 319 g/mol. The van der Waals surface area contributed by atoms with Crippen LogP contribution in [0.1, 0.15) is 22.6 Å². The van der Waals surface area contributed by atoms with Crippen LogP contribution >= 0.6 is 0 Å². The SMILES string of the molecule is Nc1ccccc1C(c1ccccc1C(F)(F)F)C(F)(F)F. The molecular formula is C15H11F6N. The molecule has 0 aromatic heterocycles. The Labute approximate surface area is 122 Å². The number of benzene rings is 2. The molecule has 0 fully saturated rings. The van der Waals surface area contributed by atoms with Crippen LogP contribution in [0.3, 0.4) is 0 Å². The molecule has 2 rings (SSSR count). The van der Waals surface area contributed by atoms with E-state index in [-0.39, 0.29) is 5.69 Å². The maximum Gasteiger partial charge on any atom is 0.416 e. The molecule has 0 heterocycles. The highest BCUT2D eigenvalue weighted by atomic mass is 19.4. The summed E-state index contributed by atoms with van der Waals surface area (Å²) in [6.07, 6.45) is -9.79. The molecule has 1 nitrogen and oxygen atoms in total. The third-order valence-corrected chi connectivity index (χ3v) is 3.21. The van der Waals surface area contributed by atoms with Crippen LogP contribution in [0, 0.1) is 0 Å². The molecule has 2 aromatic rings. The Morgan fingerprint density at radius 3 is 1.73 bits per heavy atom. The van der Waals surface area contributed by atoms with Gasteiger partial charge in [0.05, 0.1) is 5.56 Å². The Morgan fingerprint density at radius 2 is 1.23 bits per heavy atom. The summed E-state index contributed by atoms with van der Waals surface area (Å²) in [5.74, 6) is -2.44. The molecule has 0 saturated heterocycles. The standard InChI is InChI=1S/C15H11F6N/c16-14(17,18)11-7-3-1-5-9(11)13(15(19,20)21)10-6-2-4-8-12(10)22/h1-8,13H,22H2. The Morgan fingerprint density at radius 1 is 0.727 bits per heavy atom. The molecule has 2 N–H and O–H groups in total. The van der Waals surface area contributed by atoms with Gasteiger partial charge < -0.3 is 5.73 Å². The quantitative estimate of drug-likeness (QED) is 0.613. The van der Waals surface area contributed by atoms with Crippen LogP contribution in [0.2, 0.25) is 0 Å². The summed E-state index contributed by atoms with van der Waals surface area (Å²) in [4.78, 5) is 0. The fraction of sp³-hybridized carbons (Fsp3) is 0.200. The van der Waals surface area contributed by atoms with Crippen molar-refractivity contribution in [1.29, 1.82) is 0 Å². The first kappa shape index (κ1) is 16.2. The average Bonchev–Trinajstić information content (AvgIpc) is 2.39. The molecule has 1 unspecified atom stereocenters. The summed E-state index contributed by atoms with van der Waals surface area (Å²) in [7, 11) is 0. The van der Waals surface area contributed by atoms with Crippen LogP contribution in [0.25, 0.3) is 0 Å². The van der Waals surface area contributed by atoms with Crippen molar-refractivity contribution in [3.63, 3.8) is 0 Å². The van der Waals surface area contributed by atoms with Gasteiger partial charge in [0.25, 0.3) is 0 Å². The summed E-state index contributed by atoms with van der Waals surface area (Å²) >= 11 is 0. The zero-order valence-corrected chi connectivity index (χ0v) is 11.0. The van der Waals surface area contributed by atoms with Gasteiger partial charge in [0.2, 0.25) is 0 Å². The van der Waals surface area contributed by atoms with E-state index in [0.29, 0.717) is 6.07 Å². The molecule has 0 aliphatic carbocycles. The first-order chi connectivity index (χ1) is 10.1. The molecule has 22 heavy (non-hydrogen) atoms. The molecule has 0 saturated carbocycles. The summed E-state index contributed by atoms with van der Waals surface area (Å²) in [5.41, 5.74) is 2.75. The van der Waals surface area contributed by atoms with Gasteiger partial charge in [-0.25, -0.2) is 0 Å². The van der Waals surface area contributed by atoms with E-state index in [1.165, 1.54) is 18.2 Å². The van der Waals surface area contributed by atoms with Crippen molar-refractivity contribution in [1.82, 2.24) is 0 Å². The van der Waals surface area contributed by atoms with Gasteiger partial charge in [0.1, 0.15) is 5.92 Å². The number of anilines is 1. The number of nitrogens with two attached hydrogens (primary N) is 1. The minimum Gasteiger partial charge on any atom is -0.398 e. The lowest BCUT2D eigenvalue weighted by Crippen LogP contribution is -2.25. The first-order valence-corrected chi connectivity index (χ1v) is 6.19. The third-order valence-electron chi connectivity index (χ3n) is 3.21. The lowest BCUT2D eigenvalue weighted by Gasteiger charge is -2.25. The summed E-state index contributed by atoms with van der Waals surface area (Å²) in [5, 5.41) is 0. The third kappa shape index (κ3) is 3.18. The van der Waals surface area contributed by atoms with E-state index in [1.54, 1.807) is 0 Å². The van der Waals surface area contributed by atoms with E-state index >= 15 is 0 Å². The summed E-state index contributed by atoms with van der Waals surface area (Å²) < 4.78 is 79.3. The van der Waals surface area contributed by atoms with Crippen LogP contribution in [0.5, 0.6) is 0 Å². The Balaban J connectivity index is 2.71. The Kier molecular flexibility index (Phi) is 4.08. The molecule has 1 atom stereocenters. The first-order valence-electron chi connectivity index (χ1n) is 6.19. The molecule has 0 aliphatic rings. The smallest absolute Gasteiger partial charge is 0.398 e. The van der Waals surface area contributed by atoms with Crippen molar-refractivity contribution >= 4 is 5.69 Å². The number of halogens is 6. The highest BCUT2D eigenvalue weighted by molar-refractivity contribution is 5.53. The molecule has 0 aliphatic heterocycles. The minimum atomic E-state index is -4.91. The van der Waals surface area contributed by atoms with E-state index in [2.05, 4.69) is 0 Å². The molecule has 2 aromatic carbocycles. The zero-order valence-electron chi connectivity index (χ0n) is 11.0. The zero-order chi connectivity index (χ0) is 16.5. The predicted molar refractivity (Wildman–Crippen MR) is 70.2 cm³/mol. The van der Waals surface area contributed by atoms with E-state index in [9.17, 15) is 26.3 Å². The summed E-state index contributed by atoms with van der Waals surface area (Å²) in [6, 6.07) is 8.69. The molecule has 7 heteroatoms. The van der Waals surface area contributed by atoms with Crippen molar-refractivity contribution in [2.45, 2.75) is 18.3 Å². The maximum absolute atomic E-state index is 13.4. The topological polar surface area (TPSA) is 26.0 Å². The number of nitrogen functional groups attached to an aromatic ring is 1. The highest BCUT2D eigenvalue weighted by Crippen LogP contribution is 2.46. The van der Waals surface area contributed by atoms with Gasteiger partial charge in [0, 0.05) is 5.69 Å². The van der Waals surface area contributed by atoms with Gasteiger partial charge in [-0.2, -0.15) is 26.3 Å². The number of hydrogen-bond donors (Lipinski definition) is 1. The second-order valence-electron chi connectivity index (χ2n) is 4.69. The van der Waals surface area contributed by atoms with Gasteiger partial charge >= 0.3 is 12.4 Å². The van der Waals surface area contributed by atoms with Crippen LogP contribution in [-0.2, 0) is 6.18 Å². The summed E-state index contributed by atoms with van der Waals surface area (Å²) in [6.45, 7) is 0.